The molecule has 28 heavy (non-hydrogen) atoms. The molecule has 1 heterocycles. The zero-order chi connectivity index (χ0) is 19.6. The number of amides is 1. The summed E-state index contributed by atoms with van der Waals surface area (Å²) in [5, 5.41) is 0.783. The Balaban J connectivity index is 0.00000280. The summed E-state index contributed by atoms with van der Waals surface area (Å²) in [7, 11) is 4.11. The number of fused-ring (bicyclic) bond motifs is 1. The van der Waals surface area contributed by atoms with Crippen molar-refractivity contribution in [2.24, 2.45) is 0 Å². The van der Waals surface area contributed by atoms with E-state index in [1.54, 1.807) is 11.3 Å². The van der Waals surface area contributed by atoms with Gasteiger partial charge in [0.25, 0.3) is 5.91 Å². The summed E-state index contributed by atoms with van der Waals surface area (Å²) >= 11 is 1.61. The van der Waals surface area contributed by atoms with Gasteiger partial charge in [0.15, 0.2) is 5.13 Å². The van der Waals surface area contributed by atoms with Crippen LogP contribution in [0.5, 0.6) is 0 Å². The standard InChI is InChI=1S/C22H27N3OS.ClH/c1-15-13-17(3)20-19(14-15)23-22(27-20)25(12-8-11-24(4)5)21(26)18-10-7-6-9-16(18)2;/h6-7,9-10,13-14H,8,11-12H2,1-5H3;1H. The highest BCUT2D eigenvalue weighted by atomic mass is 35.5. The molecule has 0 unspecified atom stereocenters. The van der Waals surface area contributed by atoms with Crippen LogP contribution in [0.1, 0.15) is 33.5 Å². The predicted octanol–water partition coefficient (Wildman–Crippen LogP) is 5.24. The fraction of sp³-hybridized carbons (Fsp3) is 0.364. The third kappa shape index (κ3) is 4.90. The van der Waals surface area contributed by atoms with Crippen LogP contribution in [0, 0.1) is 20.8 Å². The molecule has 0 fully saturated rings. The third-order valence-electron chi connectivity index (χ3n) is 4.65. The molecule has 0 aliphatic rings. The van der Waals surface area contributed by atoms with Gasteiger partial charge >= 0.3 is 0 Å². The van der Waals surface area contributed by atoms with Gasteiger partial charge in [0, 0.05) is 12.1 Å². The molecule has 1 amide bonds. The van der Waals surface area contributed by atoms with Gasteiger partial charge in [-0.15, -0.1) is 12.4 Å². The molecular weight excluding hydrogens is 390 g/mol. The SMILES string of the molecule is Cc1cc(C)c2sc(N(CCCN(C)C)C(=O)c3ccccc3C)nc2c1.Cl. The molecule has 1 aromatic heterocycles. The summed E-state index contributed by atoms with van der Waals surface area (Å²) in [5.74, 6) is 0.0280. The van der Waals surface area contributed by atoms with Crippen LogP contribution >= 0.6 is 23.7 Å². The van der Waals surface area contributed by atoms with Crippen molar-refractivity contribution >= 4 is 45.0 Å². The van der Waals surface area contributed by atoms with Crippen LogP contribution < -0.4 is 4.90 Å². The van der Waals surface area contributed by atoms with Crippen molar-refractivity contribution in [1.82, 2.24) is 9.88 Å². The molecule has 0 atom stereocenters. The van der Waals surface area contributed by atoms with Crippen molar-refractivity contribution in [3.05, 3.63) is 58.7 Å². The van der Waals surface area contributed by atoms with Crippen LogP contribution in [0.2, 0.25) is 0 Å². The van der Waals surface area contributed by atoms with Crippen LogP contribution in [-0.4, -0.2) is 43.0 Å². The Labute approximate surface area is 177 Å². The van der Waals surface area contributed by atoms with Gasteiger partial charge in [-0.2, -0.15) is 0 Å². The summed E-state index contributed by atoms with van der Waals surface area (Å²) in [5.41, 5.74) is 5.12. The molecule has 0 saturated heterocycles. The summed E-state index contributed by atoms with van der Waals surface area (Å²) in [4.78, 5) is 22.2. The molecule has 0 aliphatic heterocycles. The lowest BCUT2D eigenvalue weighted by atomic mass is 10.1. The second kappa shape index (κ2) is 9.50. The lowest BCUT2D eigenvalue weighted by Gasteiger charge is -2.21. The number of thiazole rings is 1. The van der Waals surface area contributed by atoms with E-state index in [4.69, 9.17) is 4.98 Å². The lowest BCUT2D eigenvalue weighted by molar-refractivity contribution is 0.0985. The normalized spacial score (nSPS) is 10.9. The van der Waals surface area contributed by atoms with Crippen LogP contribution in [0.4, 0.5) is 5.13 Å². The zero-order valence-electron chi connectivity index (χ0n) is 17.2. The highest BCUT2D eigenvalue weighted by Crippen LogP contribution is 2.33. The molecule has 3 aromatic rings. The van der Waals surface area contributed by atoms with Gasteiger partial charge in [0.2, 0.25) is 0 Å². The van der Waals surface area contributed by atoms with Crippen molar-refractivity contribution < 1.29 is 4.79 Å². The number of rotatable bonds is 6. The van der Waals surface area contributed by atoms with E-state index in [0.29, 0.717) is 6.54 Å². The number of anilines is 1. The second-order valence-corrected chi connectivity index (χ2v) is 8.33. The zero-order valence-corrected chi connectivity index (χ0v) is 18.8. The minimum absolute atomic E-state index is 0. The van der Waals surface area contributed by atoms with Crippen molar-refractivity contribution in [1.29, 1.82) is 0 Å². The van der Waals surface area contributed by atoms with Crippen molar-refractivity contribution in [2.45, 2.75) is 27.2 Å². The van der Waals surface area contributed by atoms with Gasteiger partial charge in [0.05, 0.1) is 10.2 Å². The fourth-order valence-corrected chi connectivity index (χ4v) is 4.31. The van der Waals surface area contributed by atoms with E-state index in [-0.39, 0.29) is 18.3 Å². The molecule has 0 saturated carbocycles. The molecule has 6 heteroatoms. The summed E-state index contributed by atoms with van der Waals surface area (Å²) < 4.78 is 1.16. The Kier molecular flexibility index (Phi) is 7.58. The molecule has 4 nitrogen and oxygen atoms in total. The minimum Gasteiger partial charge on any atom is -0.309 e. The maximum Gasteiger partial charge on any atom is 0.260 e. The average Bonchev–Trinajstić information content (AvgIpc) is 3.02. The van der Waals surface area contributed by atoms with E-state index in [0.717, 1.165) is 39.4 Å². The number of aromatic nitrogens is 1. The number of hydrogen-bond donors (Lipinski definition) is 0. The lowest BCUT2D eigenvalue weighted by Crippen LogP contribution is -2.33. The van der Waals surface area contributed by atoms with E-state index in [1.165, 1.54) is 11.1 Å². The monoisotopic (exact) mass is 417 g/mol. The van der Waals surface area contributed by atoms with E-state index in [9.17, 15) is 4.79 Å². The van der Waals surface area contributed by atoms with Gasteiger partial charge in [-0.05, 0) is 76.7 Å². The van der Waals surface area contributed by atoms with Gasteiger partial charge in [-0.25, -0.2) is 4.98 Å². The van der Waals surface area contributed by atoms with Gasteiger partial charge in [0.1, 0.15) is 0 Å². The number of halogens is 1. The van der Waals surface area contributed by atoms with Crippen LogP contribution in [0.3, 0.4) is 0 Å². The van der Waals surface area contributed by atoms with Crippen LogP contribution in [0.25, 0.3) is 10.2 Å². The first-order chi connectivity index (χ1) is 12.9. The molecule has 150 valence electrons. The van der Waals surface area contributed by atoms with Gasteiger partial charge < -0.3 is 4.90 Å². The summed E-state index contributed by atoms with van der Waals surface area (Å²) in [6.45, 7) is 7.76. The van der Waals surface area contributed by atoms with E-state index >= 15 is 0 Å². The Bertz CT molecular complexity index is 968. The summed E-state index contributed by atoms with van der Waals surface area (Å²) in [6.07, 6.45) is 0.901. The van der Waals surface area contributed by atoms with Crippen LogP contribution in [0.15, 0.2) is 36.4 Å². The molecule has 0 bridgehead atoms. The first-order valence-corrected chi connectivity index (χ1v) is 10.1. The molecule has 3 rings (SSSR count). The number of benzene rings is 2. The quantitative estimate of drug-likeness (QED) is 0.550. The molecular formula is C22H28ClN3OS. The van der Waals surface area contributed by atoms with E-state index < -0.39 is 0 Å². The van der Waals surface area contributed by atoms with Crippen molar-refractivity contribution in [3.8, 4) is 0 Å². The highest BCUT2D eigenvalue weighted by Gasteiger charge is 2.22. The molecule has 0 spiro atoms. The number of hydrogen-bond acceptors (Lipinski definition) is 4. The van der Waals surface area contributed by atoms with E-state index in [2.05, 4.69) is 45.0 Å². The van der Waals surface area contributed by atoms with Gasteiger partial charge in [-0.1, -0.05) is 35.6 Å². The Morgan fingerprint density at radius 3 is 2.43 bits per heavy atom. The number of carbonyl (C=O) groups excluding carboxylic acids is 1. The topological polar surface area (TPSA) is 36.4 Å². The van der Waals surface area contributed by atoms with E-state index in [1.807, 2.05) is 36.1 Å². The number of nitrogens with zero attached hydrogens (tertiary/aromatic N) is 3. The van der Waals surface area contributed by atoms with Crippen LogP contribution in [-0.2, 0) is 0 Å². The molecule has 0 aliphatic carbocycles. The smallest absolute Gasteiger partial charge is 0.260 e. The molecule has 0 radical (unpaired) electrons. The Morgan fingerprint density at radius 1 is 1.04 bits per heavy atom. The molecule has 0 N–H and O–H groups in total. The largest absolute Gasteiger partial charge is 0.309 e. The minimum atomic E-state index is 0. The number of aryl methyl sites for hydroxylation is 3. The van der Waals surface area contributed by atoms with Gasteiger partial charge in [-0.3, -0.25) is 9.69 Å². The second-order valence-electron chi connectivity index (χ2n) is 7.36. The maximum absolute atomic E-state index is 13.3. The summed E-state index contributed by atoms with van der Waals surface area (Å²) in [6, 6.07) is 12.0. The highest BCUT2D eigenvalue weighted by molar-refractivity contribution is 7.22. The van der Waals surface area contributed by atoms with Crippen molar-refractivity contribution in [3.63, 3.8) is 0 Å². The predicted molar refractivity (Wildman–Crippen MR) is 122 cm³/mol. The Hall–Kier alpha value is -1.95. The first-order valence-electron chi connectivity index (χ1n) is 9.27. The Morgan fingerprint density at radius 2 is 1.75 bits per heavy atom. The third-order valence-corrected chi connectivity index (χ3v) is 5.88. The van der Waals surface area contributed by atoms with Crippen molar-refractivity contribution in [2.75, 3.05) is 32.1 Å². The number of carbonyl (C=O) groups is 1. The fourth-order valence-electron chi connectivity index (χ4n) is 3.27. The molecule has 2 aromatic carbocycles. The maximum atomic E-state index is 13.3. The average molecular weight is 418 g/mol. The first kappa shape index (κ1) is 22.3.